The van der Waals surface area contributed by atoms with Crippen LogP contribution in [-0.4, -0.2) is 7.18 Å². The summed E-state index contributed by atoms with van der Waals surface area (Å²) < 4.78 is 9.50. The minimum Gasteiger partial charge on any atom is -0.255 e. The number of hydrogen-bond donors (Lipinski definition) is 0. The van der Waals surface area contributed by atoms with Crippen LogP contribution >= 0.6 is 0 Å². The zero-order valence-electron chi connectivity index (χ0n) is 15.7. The van der Waals surface area contributed by atoms with Crippen LogP contribution in [0.1, 0.15) is 38.8 Å². The molecular weight excluding hydrogens is 295 g/mol. The summed E-state index contributed by atoms with van der Waals surface area (Å²) in [4.78, 5) is 0. The Hall–Kier alpha value is -2.15. The van der Waals surface area contributed by atoms with E-state index in [-0.39, 0.29) is 0 Å². The molecule has 4 rings (SSSR count). The van der Waals surface area contributed by atoms with E-state index in [4.69, 9.17) is 0 Å². The number of benzene rings is 1. The van der Waals surface area contributed by atoms with Crippen LogP contribution in [0.2, 0.25) is 0 Å². The molecule has 0 N–H and O–H groups in total. The highest BCUT2D eigenvalue weighted by Crippen LogP contribution is 2.30. The predicted molar refractivity (Wildman–Crippen MR) is 107 cm³/mol. The molecule has 1 atom stereocenters. The zero-order chi connectivity index (χ0) is 18.1. The molecule has 0 amide bonds. The maximum Gasteiger partial charge on any atom is 0.0785 e. The van der Waals surface area contributed by atoms with E-state index in [9.17, 15) is 4.39 Å². The van der Waals surface area contributed by atoms with Crippen LogP contribution in [0.4, 0.5) is 4.39 Å². The molecule has 1 heteroatoms. The summed E-state index contributed by atoms with van der Waals surface area (Å²) >= 11 is 0. The Balaban J connectivity index is 0.000000436. The third-order valence-corrected chi connectivity index (χ3v) is 3.93. The molecule has 0 fully saturated rings. The number of hydrogen-bond acceptors (Lipinski definition) is 0. The Labute approximate surface area is 146 Å². The summed E-state index contributed by atoms with van der Waals surface area (Å²) in [7, 11) is 0.500. The third-order valence-electron chi connectivity index (χ3n) is 3.93. The van der Waals surface area contributed by atoms with Crippen LogP contribution in [0.25, 0.3) is 18.2 Å². The average molecular weight is 324 g/mol. The van der Waals surface area contributed by atoms with E-state index in [1.165, 1.54) is 32.7 Å². The van der Waals surface area contributed by atoms with Gasteiger partial charge in [0.1, 0.15) is 0 Å². The van der Waals surface area contributed by atoms with Gasteiger partial charge in [0.2, 0.25) is 0 Å². The van der Waals surface area contributed by atoms with Gasteiger partial charge in [0.05, 0.1) is 7.18 Å². The lowest BCUT2D eigenvalue weighted by Gasteiger charge is -2.17. The fraction of sp³-hybridized carbons (Fsp3) is 0.304. The second-order valence-corrected chi connectivity index (χ2v) is 5.19. The minimum atomic E-state index is 0.424. The minimum absolute atomic E-state index is 0.424. The molecule has 1 aromatic carbocycles. The van der Waals surface area contributed by atoms with E-state index in [2.05, 4.69) is 67.7 Å². The lowest BCUT2D eigenvalue weighted by atomic mass is 9.87. The van der Waals surface area contributed by atoms with E-state index < -0.39 is 0 Å². The SMILES string of the molecule is CC.CC.CF.Cc1cc2c3c(c1)=CC=C1C=CC=C(C=C2)C1C=3. The first kappa shape index (κ1) is 19.9. The third kappa shape index (κ3) is 4.03. The summed E-state index contributed by atoms with van der Waals surface area (Å²) in [6.45, 7) is 10.2. The van der Waals surface area contributed by atoms with E-state index in [1.54, 1.807) is 0 Å². The first-order valence-corrected chi connectivity index (χ1v) is 8.80. The molecule has 3 aliphatic rings. The van der Waals surface area contributed by atoms with Crippen molar-refractivity contribution in [3.8, 4) is 0 Å². The molecule has 24 heavy (non-hydrogen) atoms. The first-order chi connectivity index (χ1) is 11.8. The van der Waals surface area contributed by atoms with E-state index in [0.717, 1.165) is 0 Å². The van der Waals surface area contributed by atoms with Crippen molar-refractivity contribution in [2.75, 3.05) is 7.18 Å². The lowest BCUT2D eigenvalue weighted by molar-refractivity contribution is 0.636. The molecular formula is C23H29F. The molecule has 0 saturated heterocycles. The maximum absolute atomic E-state index is 9.50. The quantitative estimate of drug-likeness (QED) is 0.609. The van der Waals surface area contributed by atoms with Crippen molar-refractivity contribution in [3.05, 3.63) is 75.2 Å². The normalized spacial score (nSPS) is 17.4. The van der Waals surface area contributed by atoms with Gasteiger partial charge in [-0.15, -0.1) is 0 Å². The van der Waals surface area contributed by atoms with Crippen molar-refractivity contribution in [3.63, 3.8) is 0 Å². The topological polar surface area (TPSA) is 0 Å². The van der Waals surface area contributed by atoms with Crippen LogP contribution < -0.4 is 10.4 Å². The van der Waals surface area contributed by atoms with Gasteiger partial charge >= 0.3 is 0 Å². The smallest absolute Gasteiger partial charge is 0.0785 e. The predicted octanol–water partition coefficient (Wildman–Crippen LogP) is 5.27. The average Bonchev–Trinajstić information content (AvgIpc) is 2.96. The summed E-state index contributed by atoms with van der Waals surface area (Å²) in [5.41, 5.74) is 5.44. The van der Waals surface area contributed by atoms with Gasteiger partial charge in [0, 0.05) is 5.92 Å². The van der Waals surface area contributed by atoms with Gasteiger partial charge in [-0.25, -0.2) is 0 Å². The van der Waals surface area contributed by atoms with Gasteiger partial charge in [-0.05, 0) is 39.6 Å². The second kappa shape index (κ2) is 9.87. The largest absolute Gasteiger partial charge is 0.255 e. The summed E-state index contributed by atoms with van der Waals surface area (Å²) in [6, 6.07) is 4.55. The summed E-state index contributed by atoms with van der Waals surface area (Å²) in [5.74, 6) is 0.424. The van der Waals surface area contributed by atoms with Gasteiger partial charge < -0.3 is 0 Å². The van der Waals surface area contributed by atoms with Gasteiger partial charge in [-0.2, -0.15) is 0 Å². The molecule has 1 unspecified atom stereocenters. The Morgan fingerprint density at radius 1 is 0.792 bits per heavy atom. The summed E-state index contributed by atoms with van der Waals surface area (Å²) in [6.07, 6.45) is 18.0. The molecule has 0 radical (unpaired) electrons. The van der Waals surface area contributed by atoms with Crippen molar-refractivity contribution < 1.29 is 4.39 Å². The lowest BCUT2D eigenvalue weighted by Crippen LogP contribution is -2.27. The van der Waals surface area contributed by atoms with Crippen molar-refractivity contribution in [2.24, 2.45) is 5.92 Å². The van der Waals surface area contributed by atoms with Gasteiger partial charge in [-0.1, -0.05) is 88.4 Å². The number of rotatable bonds is 0. The monoisotopic (exact) mass is 324 g/mol. The number of allylic oxidation sites excluding steroid dienone is 7. The highest BCUT2D eigenvalue weighted by Gasteiger charge is 2.18. The van der Waals surface area contributed by atoms with Crippen molar-refractivity contribution in [1.82, 2.24) is 0 Å². The molecule has 0 aliphatic heterocycles. The molecule has 0 aromatic heterocycles. The molecule has 128 valence electrons. The van der Waals surface area contributed by atoms with Crippen LogP contribution in [0, 0.1) is 12.8 Å². The van der Waals surface area contributed by atoms with Gasteiger partial charge in [-0.3, -0.25) is 4.39 Å². The second-order valence-electron chi connectivity index (χ2n) is 5.19. The van der Waals surface area contributed by atoms with E-state index in [0.29, 0.717) is 13.1 Å². The Bertz CT molecular complexity index is 786. The summed E-state index contributed by atoms with van der Waals surface area (Å²) in [5, 5.41) is 2.72. The maximum atomic E-state index is 9.50. The Kier molecular flexibility index (Phi) is 8.18. The first-order valence-electron chi connectivity index (χ1n) is 8.80. The molecule has 0 saturated carbocycles. The fourth-order valence-corrected chi connectivity index (χ4v) is 3.04. The van der Waals surface area contributed by atoms with Crippen LogP contribution in [0.5, 0.6) is 0 Å². The molecule has 0 spiro atoms. The van der Waals surface area contributed by atoms with Crippen LogP contribution in [-0.2, 0) is 0 Å². The van der Waals surface area contributed by atoms with Crippen LogP contribution in [0.15, 0.2) is 53.7 Å². The standard InChI is InChI=1S/C18H14.2C2H6.CH3F/c1-12-9-15-7-5-13-3-2-4-14-6-8-16(10-12)18(15)11-17(13)14;3*1-2/h2-11,17H,1H3;2*1-2H3;1H3. The van der Waals surface area contributed by atoms with Crippen molar-refractivity contribution >= 4 is 18.2 Å². The van der Waals surface area contributed by atoms with Crippen molar-refractivity contribution in [2.45, 2.75) is 34.6 Å². The fourth-order valence-electron chi connectivity index (χ4n) is 3.04. The Morgan fingerprint density at radius 3 is 2.17 bits per heavy atom. The zero-order valence-corrected chi connectivity index (χ0v) is 15.7. The number of aryl methyl sites for hydroxylation is 1. The molecule has 2 bridgehead atoms. The van der Waals surface area contributed by atoms with Crippen LogP contribution in [0.3, 0.4) is 0 Å². The number of alkyl halides is 1. The molecule has 3 aliphatic carbocycles. The van der Waals surface area contributed by atoms with Gasteiger partial charge in [0.25, 0.3) is 0 Å². The molecule has 0 nitrogen and oxygen atoms in total. The molecule has 1 aromatic rings. The van der Waals surface area contributed by atoms with E-state index >= 15 is 0 Å². The molecule has 0 heterocycles. The Morgan fingerprint density at radius 2 is 1.46 bits per heavy atom. The van der Waals surface area contributed by atoms with Crippen molar-refractivity contribution in [1.29, 1.82) is 0 Å². The van der Waals surface area contributed by atoms with E-state index in [1.807, 2.05) is 27.7 Å². The highest BCUT2D eigenvalue weighted by atomic mass is 19.1. The highest BCUT2D eigenvalue weighted by molar-refractivity contribution is 5.69. The van der Waals surface area contributed by atoms with Gasteiger partial charge in [0.15, 0.2) is 0 Å². The number of halogens is 1.